The predicted octanol–water partition coefficient (Wildman–Crippen LogP) is 4.94. The van der Waals surface area contributed by atoms with Crippen LogP contribution in [-0.2, 0) is 32.0 Å². The first-order chi connectivity index (χ1) is 19.7. The molecular formula is C31H33F2N7O. The zero-order valence-electron chi connectivity index (χ0n) is 23.1. The van der Waals surface area contributed by atoms with Gasteiger partial charge in [0.2, 0.25) is 5.92 Å². The number of anilines is 1. The summed E-state index contributed by atoms with van der Waals surface area (Å²) in [6.07, 6.45) is 6.18. The molecule has 3 heterocycles. The maximum absolute atomic E-state index is 13.8. The number of rotatable bonds is 8. The fourth-order valence-electron chi connectivity index (χ4n) is 6.98. The monoisotopic (exact) mass is 557 g/mol. The zero-order chi connectivity index (χ0) is 28.4. The van der Waals surface area contributed by atoms with Gasteiger partial charge in [-0.25, -0.2) is 8.78 Å². The second kappa shape index (κ2) is 9.69. The Morgan fingerprint density at radius 2 is 2.00 bits per heavy atom. The normalized spacial score (nSPS) is 26.6. The summed E-state index contributed by atoms with van der Waals surface area (Å²) >= 11 is 0. The van der Waals surface area contributed by atoms with Gasteiger partial charge >= 0.3 is 0 Å². The van der Waals surface area contributed by atoms with Crippen LogP contribution in [0, 0.1) is 17.2 Å². The van der Waals surface area contributed by atoms with E-state index < -0.39 is 5.92 Å². The molecule has 3 fully saturated rings. The molecule has 1 aliphatic heterocycles. The number of carbonyl (C=O) groups is 1. The van der Waals surface area contributed by atoms with E-state index in [0.717, 1.165) is 59.7 Å². The molecule has 3 aromatic rings. The number of halogens is 2. The fourth-order valence-corrected chi connectivity index (χ4v) is 6.98. The van der Waals surface area contributed by atoms with Crippen molar-refractivity contribution in [3.63, 3.8) is 0 Å². The minimum Gasteiger partial charge on any atom is -0.321 e. The first-order valence-corrected chi connectivity index (χ1v) is 14.5. The van der Waals surface area contributed by atoms with Crippen molar-refractivity contribution < 1.29 is 13.6 Å². The van der Waals surface area contributed by atoms with E-state index in [1.807, 2.05) is 34.7 Å². The highest BCUT2D eigenvalue weighted by atomic mass is 19.3. The van der Waals surface area contributed by atoms with Crippen LogP contribution in [0.2, 0.25) is 0 Å². The van der Waals surface area contributed by atoms with Gasteiger partial charge in [0.1, 0.15) is 12.2 Å². The lowest BCUT2D eigenvalue weighted by atomic mass is 9.57. The number of benzene rings is 1. The molecule has 1 N–H and O–H groups in total. The summed E-state index contributed by atoms with van der Waals surface area (Å²) in [5.41, 5.74) is 5.08. The van der Waals surface area contributed by atoms with Crippen LogP contribution in [0.15, 0.2) is 36.7 Å². The molecule has 0 spiro atoms. The number of fused-ring (bicyclic) bond motifs is 1. The van der Waals surface area contributed by atoms with Gasteiger partial charge in [-0.3, -0.25) is 9.78 Å². The molecule has 1 atom stereocenters. The first kappa shape index (κ1) is 26.2. The molecule has 1 unspecified atom stereocenters. The number of nitrogens with one attached hydrogen (secondary N) is 1. The standard InChI is InChI=1S/C31H33F2N7O/c1-39-18-36-38-27(39)14-30(11-19(12-30)15-34)21-3-2-4-24(9-21)40-17-26-25(29(40)41)10-23(37-28(26)20-5-6-20)16-35-22-7-8-31(32,33)13-22/h2-4,9-10,18-20,22,35H,5-8,11-14,16-17H2,1H3. The van der Waals surface area contributed by atoms with Crippen molar-refractivity contribution in [3.05, 3.63) is 70.6 Å². The summed E-state index contributed by atoms with van der Waals surface area (Å²) in [4.78, 5) is 20.6. The number of nitrogens with zero attached hydrogens (tertiary/aromatic N) is 6. The Morgan fingerprint density at radius 1 is 1.17 bits per heavy atom. The third kappa shape index (κ3) is 4.80. The highest BCUT2D eigenvalue weighted by Gasteiger charge is 2.47. The van der Waals surface area contributed by atoms with Crippen molar-refractivity contribution in [1.82, 2.24) is 25.1 Å². The van der Waals surface area contributed by atoms with E-state index in [1.165, 1.54) is 0 Å². The van der Waals surface area contributed by atoms with Crippen LogP contribution in [-0.4, -0.2) is 37.6 Å². The van der Waals surface area contributed by atoms with Gasteiger partial charge in [0.25, 0.3) is 5.91 Å². The van der Waals surface area contributed by atoms with Gasteiger partial charge in [-0.05, 0) is 55.9 Å². The van der Waals surface area contributed by atoms with Crippen molar-refractivity contribution in [2.75, 3.05) is 4.90 Å². The average molecular weight is 558 g/mol. The number of carbonyl (C=O) groups excluding carboxylic acids is 1. The van der Waals surface area contributed by atoms with Crippen molar-refractivity contribution >= 4 is 11.6 Å². The highest BCUT2D eigenvalue weighted by Crippen LogP contribution is 2.50. The van der Waals surface area contributed by atoms with Crippen LogP contribution in [0.5, 0.6) is 0 Å². The lowest BCUT2D eigenvalue weighted by Gasteiger charge is -2.45. The maximum Gasteiger partial charge on any atom is 0.259 e. The molecule has 2 aromatic heterocycles. The fraction of sp³-hybridized carbons (Fsp3) is 0.516. The lowest BCUT2D eigenvalue weighted by molar-refractivity contribution is 0.00685. The molecule has 3 aliphatic carbocycles. The summed E-state index contributed by atoms with van der Waals surface area (Å²) in [5.74, 6) is -1.43. The van der Waals surface area contributed by atoms with Gasteiger partial charge in [0.15, 0.2) is 0 Å². The van der Waals surface area contributed by atoms with E-state index in [4.69, 9.17) is 4.98 Å². The number of hydrogen-bond donors (Lipinski definition) is 1. The van der Waals surface area contributed by atoms with E-state index in [-0.39, 0.29) is 36.1 Å². The van der Waals surface area contributed by atoms with Crippen LogP contribution >= 0.6 is 0 Å². The molecule has 1 amide bonds. The molecular weight excluding hydrogens is 524 g/mol. The number of amides is 1. The number of pyridine rings is 1. The Balaban J connectivity index is 1.15. The molecule has 1 aromatic carbocycles. The highest BCUT2D eigenvalue weighted by molar-refractivity contribution is 6.10. The van der Waals surface area contributed by atoms with E-state index in [0.29, 0.717) is 37.4 Å². The van der Waals surface area contributed by atoms with E-state index in [1.54, 1.807) is 6.33 Å². The Labute approximate surface area is 237 Å². The number of alkyl halides is 2. The zero-order valence-corrected chi connectivity index (χ0v) is 23.1. The molecule has 41 heavy (non-hydrogen) atoms. The molecule has 3 saturated carbocycles. The second-order valence-electron chi connectivity index (χ2n) is 12.5. The van der Waals surface area contributed by atoms with E-state index in [9.17, 15) is 18.8 Å². The molecule has 8 nitrogen and oxygen atoms in total. The summed E-state index contributed by atoms with van der Waals surface area (Å²) in [6, 6.07) is 12.2. The van der Waals surface area contributed by atoms with Gasteiger partial charge in [-0.15, -0.1) is 10.2 Å². The maximum atomic E-state index is 13.8. The molecule has 7 rings (SSSR count). The molecule has 4 aliphatic rings. The Morgan fingerprint density at radius 3 is 2.68 bits per heavy atom. The quantitative estimate of drug-likeness (QED) is 0.421. The number of aromatic nitrogens is 4. The largest absolute Gasteiger partial charge is 0.321 e. The van der Waals surface area contributed by atoms with Crippen molar-refractivity contribution in [2.24, 2.45) is 13.0 Å². The topological polar surface area (TPSA) is 99.7 Å². The van der Waals surface area contributed by atoms with E-state index >= 15 is 0 Å². The van der Waals surface area contributed by atoms with Crippen molar-refractivity contribution in [1.29, 1.82) is 5.26 Å². The average Bonchev–Trinajstić information content (AvgIpc) is 3.50. The Hall–Kier alpha value is -3.71. The third-order valence-corrected chi connectivity index (χ3v) is 9.47. The third-order valence-electron chi connectivity index (χ3n) is 9.47. The minimum atomic E-state index is -2.60. The number of hydrogen-bond acceptors (Lipinski definition) is 6. The van der Waals surface area contributed by atoms with Crippen LogP contribution in [0.25, 0.3) is 0 Å². The smallest absolute Gasteiger partial charge is 0.259 e. The summed E-state index contributed by atoms with van der Waals surface area (Å²) in [5, 5.41) is 21.1. The summed E-state index contributed by atoms with van der Waals surface area (Å²) in [7, 11) is 1.93. The Bertz CT molecular complexity index is 1550. The SMILES string of the molecule is Cn1cnnc1CC1(c2cccc(N3Cc4c(cc(CNC5CCC(F)(F)C5)nc4C4CC4)C3=O)c2)CC(C#N)C1. The predicted molar refractivity (Wildman–Crippen MR) is 147 cm³/mol. The van der Waals surface area contributed by atoms with Gasteiger partial charge < -0.3 is 14.8 Å². The molecule has 0 bridgehead atoms. The number of nitriles is 1. The van der Waals surface area contributed by atoms with Crippen molar-refractivity contribution in [3.8, 4) is 6.07 Å². The Kier molecular flexibility index (Phi) is 6.19. The molecule has 0 radical (unpaired) electrons. The summed E-state index contributed by atoms with van der Waals surface area (Å²) in [6.45, 7) is 0.844. The minimum absolute atomic E-state index is 0.000720. The van der Waals surface area contributed by atoms with Crippen LogP contribution < -0.4 is 10.2 Å². The van der Waals surface area contributed by atoms with E-state index in [2.05, 4.69) is 33.7 Å². The summed E-state index contributed by atoms with van der Waals surface area (Å²) < 4.78 is 29.3. The molecule has 212 valence electrons. The van der Waals surface area contributed by atoms with Crippen molar-refractivity contribution in [2.45, 2.75) is 87.8 Å². The number of aryl methyl sites for hydroxylation is 1. The van der Waals surface area contributed by atoms with Gasteiger partial charge in [0, 0.05) is 78.7 Å². The van der Waals surface area contributed by atoms with Crippen LogP contribution in [0.4, 0.5) is 14.5 Å². The van der Waals surface area contributed by atoms with Crippen LogP contribution in [0.3, 0.4) is 0 Å². The second-order valence-corrected chi connectivity index (χ2v) is 12.5. The van der Waals surface area contributed by atoms with Gasteiger partial charge in [-0.2, -0.15) is 5.26 Å². The lowest BCUT2D eigenvalue weighted by Crippen LogP contribution is -2.43. The van der Waals surface area contributed by atoms with Crippen LogP contribution in [0.1, 0.15) is 89.6 Å². The van der Waals surface area contributed by atoms with Gasteiger partial charge in [-0.1, -0.05) is 12.1 Å². The van der Waals surface area contributed by atoms with Gasteiger partial charge in [0.05, 0.1) is 18.3 Å². The molecule has 0 saturated heterocycles. The molecule has 10 heteroatoms. The first-order valence-electron chi connectivity index (χ1n) is 14.5.